The Morgan fingerprint density at radius 3 is 2.61 bits per heavy atom. The van der Waals surface area contributed by atoms with Crippen LogP contribution in [0.1, 0.15) is 49.4 Å². The molecule has 1 N–H and O–H groups in total. The van der Waals surface area contributed by atoms with E-state index in [4.69, 9.17) is 4.74 Å². The van der Waals surface area contributed by atoms with Crippen molar-refractivity contribution in [3.05, 3.63) is 60.2 Å². The van der Waals surface area contributed by atoms with Gasteiger partial charge in [0.05, 0.1) is 0 Å². The van der Waals surface area contributed by atoms with Gasteiger partial charge in [-0.1, -0.05) is 92.9 Å². The molecule has 7 heteroatoms. The Morgan fingerprint density at radius 1 is 1.00 bits per heavy atom. The summed E-state index contributed by atoms with van der Waals surface area (Å²) in [6.45, 7) is 2.22. The minimum Gasteiger partial charge on any atom is -0.444 e. The van der Waals surface area contributed by atoms with E-state index < -0.39 is 6.23 Å². The van der Waals surface area contributed by atoms with Gasteiger partial charge < -0.3 is 10.1 Å². The first-order chi connectivity index (χ1) is 15.3. The maximum atomic E-state index is 13.1. The average Bonchev–Trinajstić information content (AvgIpc) is 2.98. The van der Waals surface area contributed by atoms with E-state index in [9.17, 15) is 4.79 Å². The second kappa shape index (κ2) is 10.4. The van der Waals surface area contributed by atoms with Gasteiger partial charge >= 0.3 is 0 Å². The van der Waals surface area contributed by atoms with Crippen LogP contribution in [-0.2, 0) is 0 Å². The van der Waals surface area contributed by atoms with Crippen molar-refractivity contribution in [2.45, 2.75) is 50.4 Å². The van der Waals surface area contributed by atoms with Crippen LogP contribution < -0.4 is 10.1 Å². The van der Waals surface area contributed by atoms with Crippen molar-refractivity contribution in [2.75, 3.05) is 11.1 Å². The van der Waals surface area contributed by atoms with Gasteiger partial charge in [-0.15, -0.1) is 10.2 Å². The predicted molar refractivity (Wildman–Crippen MR) is 124 cm³/mol. The number of anilines is 1. The number of nitrogens with one attached hydrogen (secondary N) is 1. The third-order valence-corrected chi connectivity index (χ3v) is 6.03. The van der Waals surface area contributed by atoms with Crippen LogP contribution in [0.4, 0.5) is 5.69 Å². The Labute approximate surface area is 186 Å². The van der Waals surface area contributed by atoms with Crippen molar-refractivity contribution in [3.8, 4) is 17.1 Å². The van der Waals surface area contributed by atoms with Gasteiger partial charge in [0.2, 0.25) is 23.0 Å². The van der Waals surface area contributed by atoms with Crippen molar-refractivity contribution >= 4 is 23.2 Å². The van der Waals surface area contributed by atoms with Crippen molar-refractivity contribution in [3.63, 3.8) is 0 Å². The smallest absolute Gasteiger partial charge is 0.247 e. The van der Waals surface area contributed by atoms with Crippen LogP contribution in [-0.4, -0.2) is 32.9 Å². The number of Topliss-reactive ketones (excluding diaryl/α,β-unsaturated/α-hetero) is 1. The van der Waals surface area contributed by atoms with E-state index in [1.807, 2.05) is 42.5 Å². The highest BCUT2D eigenvalue weighted by atomic mass is 32.2. The second-order valence-electron chi connectivity index (χ2n) is 7.43. The number of thioether (sulfide) groups is 1. The maximum absolute atomic E-state index is 13.1. The summed E-state index contributed by atoms with van der Waals surface area (Å²) in [5, 5.41) is 12.5. The van der Waals surface area contributed by atoms with Crippen LogP contribution >= 0.6 is 11.8 Å². The molecule has 4 rings (SSSR count). The zero-order chi connectivity index (χ0) is 21.5. The van der Waals surface area contributed by atoms with Crippen LogP contribution in [0.3, 0.4) is 0 Å². The number of hydrogen-bond acceptors (Lipinski definition) is 7. The van der Waals surface area contributed by atoms with Crippen molar-refractivity contribution in [1.82, 2.24) is 15.2 Å². The third-order valence-electron chi connectivity index (χ3n) is 5.11. The number of fused-ring (bicyclic) bond motifs is 3. The fourth-order valence-electron chi connectivity index (χ4n) is 3.45. The zero-order valence-electron chi connectivity index (χ0n) is 17.6. The molecule has 0 radical (unpaired) electrons. The first-order valence-electron chi connectivity index (χ1n) is 10.8. The molecule has 160 valence electrons. The van der Waals surface area contributed by atoms with Crippen molar-refractivity contribution in [2.24, 2.45) is 0 Å². The quantitative estimate of drug-likeness (QED) is 0.266. The zero-order valence-corrected chi connectivity index (χ0v) is 18.4. The molecular weight excluding hydrogens is 408 g/mol. The molecule has 0 saturated carbocycles. The molecule has 0 aliphatic carbocycles. The highest BCUT2D eigenvalue weighted by Crippen LogP contribution is 2.36. The van der Waals surface area contributed by atoms with Gasteiger partial charge in [-0.2, -0.15) is 4.98 Å². The second-order valence-corrected chi connectivity index (χ2v) is 8.49. The molecule has 1 aliphatic rings. The molecule has 6 nitrogen and oxygen atoms in total. The number of ether oxygens (including phenoxy) is 1. The minimum atomic E-state index is -0.895. The minimum absolute atomic E-state index is 0.160. The largest absolute Gasteiger partial charge is 0.444 e. The Hall–Kier alpha value is -2.93. The number of benzene rings is 2. The molecule has 31 heavy (non-hydrogen) atoms. The van der Waals surface area contributed by atoms with Gasteiger partial charge in [0.1, 0.15) is 0 Å². The fraction of sp³-hybridized carbons (Fsp3) is 0.333. The summed E-state index contributed by atoms with van der Waals surface area (Å²) >= 11 is 1.58. The lowest BCUT2D eigenvalue weighted by Gasteiger charge is -2.17. The van der Waals surface area contributed by atoms with Gasteiger partial charge in [-0.05, 0) is 12.5 Å². The Kier molecular flexibility index (Phi) is 7.14. The van der Waals surface area contributed by atoms with Crippen LogP contribution in [0.15, 0.2) is 59.8 Å². The van der Waals surface area contributed by atoms with Crippen LogP contribution in [0, 0.1) is 0 Å². The van der Waals surface area contributed by atoms with Gasteiger partial charge in [0.15, 0.2) is 5.69 Å². The SMILES string of the molecule is CCCCCCCSc1nnc2c(n1)O[C@H](C(=O)c1ccccc1)Nc1ccccc1-2. The number of carbonyl (C=O) groups is 1. The molecule has 2 aromatic carbocycles. The van der Waals surface area contributed by atoms with E-state index >= 15 is 0 Å². The molecule has 1 atom stereocenters. The standard InChI is InChI=1S/C24H26N4O2S/c1-2-3-4-5-11-16-31-24-26-22-20(27-28-24)18-14-9-10-15-19(18)25-23(30-22)21(29)17-12-7-6-8-13-17/h6-10,12-15,23,25H,2-5,11,16H2,1H3/t23-/m1/s1. The van der Waals surface area contributed by atoms with Gasteiger partial charge in [-0.25, -0.2) is 0 Å². The first-order valence-corrected chi connectivity index (χ1v) is 11.7. The summed E-state index contributed by atoms with van der Waals surface area (Å²) in [5.74, 6) is 1.10. The number of nitrogens with zero attached hydrogens (tertiary/aromatic N) is 3. The molecule has 2 heterocycles. The lowest BCUT2D eigenvalue weighted by atomic mass is 10.1. The number of para-hydroxylation sites is 1. The maximum Gasteiger partial charge on any atom is 0.247 e. The number of hydrogen-bond donors (Lipinski definition) is 1. The van der Waals surface area contributed by atoms with E-state index in [2.05, 4.69) is 27.4 Å². The van der Waals surface area contributed by atoms with E-state index in [1.165, 1.54) is 25.7 Å². The summed E-state index contributed by atoms with van der Waals surface area (Å²) in [6.07, 6.45) is 5.20. The Balaban J connectivity index is 1.56. The first kappa shape index (κ1) is 21.3. The van der Waals surface area contributed by atoms with E-state index in [1.54, 1.807) is 23.9 Å². The summed E-state index contributed by atoms with van der Waals surface area (Å²) in [5.41, 5.74) is 2.70. The summed E-state index contributed by atoms with van der Waals surface area (Å²) < 4.78 is 6.07. The van der Waals surface area contributed by atoms with Crippen LogP contribution in [0.5, 0.6) is 5.88 Å². The summed E-state index contributed by atoms with van der Waals surface area (Å²) in [6, 6.07) is 16.8. The third kappa shape index (κ3) is 5.22. The van der Waals surface area contributed by atoms with Crippen molar-refractivity contribution in [1.29, 1.82) is 0 Å². The van der Waals surface area contributed by atoms with Gasteiger partial charge in [-0.3, -0.25) is 4.79 Å². The lowest BCUT2D eigenvalue weighted by molar-refractivity contribution is 0.0823. The highest BCUT2D eigenvalue weighted by molar-refractivity contribution is 7.99. The van der Waals surface area contributed by atoms with Gasteiger partial charge in [0.25, 0.3) is 0 Å². The van der Waals surface area contributed by atoms with E-state index in [0.29, 0.717) is 22.3 Å². The molecule has 0 fully saturated rings. The fourth-order valence-corrected chi connectivity index (χ4v) is 4.23. The molecule has 0 bridgehead atoms. The number of rotatable bonds is 9. The lowest BCUT2D eigenvalue weighted by Crippen LogP contribution is -2.35. The summed E-state index contributed by atoms with van der Waals surface area (Å²) in [7, 11) is 0. The van der Waals surface area contributed by atoms with Crippen LogP contribution in [0.25, 0.3) is 11.3 Å². The average molecular weight is 435 g/mol. The highest BCUT2D eigenvalue weighted by Gasteiger charge is 2.29. The van der Waals surface area contributed by atoms with Gasteiger partial charge in [0, 0.05) is 22.6 Å². The number of ketones is 1. The summed E-state index contributed by atoms with van der Waals surface area (Å²) in [4.78, 5) is 17.7. The molecule has 1 aliphatic heterocycles. The van der Waals surface area contributed by atoms with E-state index in [0.717, 1.165) is 23.4 Å². The molecule has 0 saturated heterocycles. The van der Waals surface area contributed by atoms with Crippen LogP contribution in [0.2, 0.25) is 0 Å². The number of carbonyl (C=O) groups excluding carboxylic acids is 1. The molecule has 0 spiro atoms. The molecule has 1 aromatic heterocycles. The molecular formula is C24H26N4O2S. The number of unbranched alkanes of at least 4 members (excludes halogenated alkanes) is 4. The topological polar surface area (TPSA) is 77.0 Å². The normalized spacial score (nSPS) is 14.5. The van der Waals surface area contributed by atoms with E-state index in [-0.39, 0.29) is 5.78 Å². The van der Waals surface area contributed by atoms with Crippen molar-refractivity contribution < 1.29 is 9.53 Å². The number of aromatic nitrogens is 3. The molecule has 0 unspecified atom stereocenters. The predicted octanol–water partition coefficient (Wildman–Crippen LogP) is 5.61. The Morgan fingerprint density at radius 2 is 1.77 bits per heavy atom. The molecule has 0 amide bonds. The Bertz CT molecular complexity index is 1030. The molecule has 3 aromatic rings. The monoisotopic (exact) mass is 434 g/mol.